The predicted octanol–water partition coefficient (Wildman–Crippen LogP) is 2.89. The highest BCUT2D eigenvalue weighted by molar-refractivity contribution is 6.00. The second-order valence-electron chi connectivity index (χ2n) is 4.91. The molecule has 25 heavy (non-hydrogen) atoms. The number of esters is 1. The molecule has 0 bridgehead atoms. The molecule has 2 aromatic carbocycles. The Morgan fingerprint density at radius 1 is 0.920 bits per heavy atom. The highest BCUT2D eigenvalue weighted by atomic mass is 19.1. The van der Waals surface area contributed by atoms with Crippen LogP contribution in [0.2, 0.25) is 0 Å². The van der Waals surface area contributed by atoms with Gasteiger partial charge in [-0.1, -0.05) is 0 Å². The number of hydrogen-bond donors (Lipinski definition) is 0. The molecule has 6 nitrogen and oxygen atoms in total. The van der Waals surface area contributed by atoms with Gasteiger partial charge in [0.1, 0.15) is 17.1 Å². The van der Waals surface area contributed by atoms with Gasteiger partial charge in [-0.15, -0.1) is 0 Å². The van der Waals surface area contributed by atoms with Crippen molar-refractivity contribution >= 4 is 11.8 Å². The summed E-state index contributed by atoms with van der Waals surface area (Å²) in [6.07, 6.45) is 0. The zero-order chi connectivity index (χ0) is 18.4. The van der Waals surface area contributed by atoms with Crippen LogP contribution in [-0.4, -0.2) is 39.7 Å². The van der Waals surface area contributed by atoms with E-state index in [1.807, 2.05) is 0 Å². The molecule has 2 rings (SSSR count). The topological polar surface area (TPSA) is 71.1 Å². The number of halogens is 1. The molecular weight excluding hydrogens is 331 g/mol. The smallest absolute Gasteiger partial charge is 0.342 e. The lowest BCUT2D eigenvalue weighted by Crippen LogP contribution is -2.15. The van der Waals surface area contributed by atoms with Crippen molar-refractivity contribution in [2.24, 2.45) is 0 Å². The molecule has 0 atom stereocenters. The van der Waals surface area contributed by atoms with Crippen molar-refractivity contribution < 1.29 is 32.9 Å². The van der Waals surface area contributed by atoms with Crippen LogP contribution < -0.4 is 14.2 Å². The number of rotatable bonds is 7. The zero-order valence-electron chi connectivity index (χ0n) is 14.0. The van der Waals surface area contributed by atoms with Crippen LogP contribution in [0.1, 0.15) is 20.7 Å². The molecule has 132 valence electrons. The van der Waals surface area contributed by atoms with Crippen LogP contribution in [0.15, 0.2) is 36.4 Å². The van der Waals surface area contributed by atoms with Crippen molar-refractivity contribution in [3.63, 3.8) is 0 Å². The maximum Gasteiger partial charge on any atom is 0.342 e. The number of Topliss-reactive ketones (excluding diaryl/α,β-unsaturated/α-hetero) is 1. The molecule has 0 radical (unpaired) electrons. The van der Waals surface area contributed by atoms with Crippen LogP contribution in [0.3, 0.4) is 0 Å². The van der Waals surface area contributed by atoms with E-state index in [2.05, 4.69) is 0 Å². The SMILES string of the molecule is COc1ccc(C(=O)OCC(=O)c2ccc(OC)c(F)c2)c(OC)c1. The fourth-order valence-electron chi connectivity index (χ4n) is 2.10. The molecule has 7 heteroatoms. The molecule has 0 fully saturated rings. The first-order chi connectivity index (χ1) is 12.0. The highest BCUT2D eigenvalue weighted by Crippen LogP contribution is 2.25. The van der Waals surface area contributed by atoms with Gasteiger partial charge < -0.3 is 18.9 Å². The average Bonchev–Trinajstić information content (AvgIpc) is 2.65. The third kappa shape index (κ3) is 4.26. The Kier molecular flexibility index (Phi) is 5.94. The second-order valence-corrected chi connectivity index (χ2v) is 4.91. The van der Waals surface area contributed by atoms with Crippen LogP contribution in [0.5, 0.6) is 17.2 Å². The minimum atomic E-state index is -0.734. The summed E-state index contributed by atoms with van der Waals surface area (Å²) < 4.78 is 33.6. The van der Waals surface area contributed by atoms with Crippen molar-refractivity contribution in [1.29, 1.82) is 0 Å². The quantitative estimate of drug-likeness (QED) is 0.566. The van der Waals surface area contributed by atoms with Crippen LogP contribution in [0.4, 0.5) is 4.39 Å². The molecule has 0 aliphatic heterocycles. The first-order valence-corrected chi connectivity index (χ1v) is 7.26. The highest BCUT2D eigenvalue weighted by Gasteiger charge is 2.17. The lowest BCUT2D eigenvalue weighted by molar-refractivity contribution is 0.0471. The van der Waals surface area contributed by atoms with Gasteiger partial charge in [-0.05, 0) is 30.3 Å². The van der Waals surface area contributed by atoms with Crippen LogP contribution in [0, 0.1) is 5.82 Å². The molecule has 0 saturated carbocycles. The Bertz CT molecular complexity index is 787. The lowest BCUT2D eigenvalue weighted by Gasteiger charge is -2.10. The average molecular weight is 348 g/mol. The Labute approximate surface area is 144 Å². The molecule has 2 aromatic rings. The van der Waals surface area contributed by atoms with E-state index in [1.54, 1.807) is 6.07 Å². The molecular formula is C18H17FO6. The molecule has 0 amide bonds. The predicted molar refractivity (Wildman–Crippen MR) is 87.1 cm³/mol. The maximum absolute atomic E-state index is 13.6. The van der Waals surface area contributed by atoms with E-state index in [0.29, 0.717) is 5.75 Å². The van der Waals surface area contributed by atoms with Crippen molar-refractivity contribution in [2.45, 2.75) is 0 Å². The summed E-state index contributed by atoms with van der Waals surface area (Å²) in [6, 6.07) is 8.32. The fraction of sp³-hybridized carbons (Fsp3) is 0.222. The fourth-order valence-corrected chi connectivity index (χ4v) is 2.10. The summed E-state index contributed by atoms with van der Waals surface area (Å²) >= 11 is 0. The second kappa shape index (κ2) is 8.14. The van der Waals surface area contributed by atoms with Gasteiger partial charge in [0.25, 0.3) is 0 Å². The standard InChI is InChI=1S/C18H17FO6/c1-22-12-5-6-13(17(9-12)24-3)18(21)25-10-15(20)11-4-7-16(23-2)14(19)8-11/h4-9H,10H2,1-3H3. The lowest BCUT2D eigenvalue weighted by atomic mass is 10.1. The summed E-state index contributed by atoms with van der Waals surface area (Å²) in [5.74, 6) is -1.15. The summed E-state index contributed by atoms with van der Waals surface area (Å²) in [5.41, 5.74) is 0.227. The number of carbonyl (C=O) groups is 2. The van der Waals surface area contributed by atoms with Crippen LogP contribution in [0.25, 0.3) is 0 Å². The van der Waals surface area contributed by atoms with Gasteiger partial charge in [-0.2, -0.15) is 0 Å². The molecule has 0 unspecified atom stereocenters. The van der Waals surface area contributed by atoms with E-state index >= 15 is 0 Å². The van der Waals surface area contributed by atoms with Gasteiger partial charge in [0, 0.05) is 11.6 Å². The molecule has 0 N–H and O–H groups in total. The first kappa shape index (κ1) is 18.3. The minimum Gasteiger partial charge on any atom is -0.497 e. The van der Waals surface area contributed by atoms with Gasteiger partial charge in [0.05, 0.1) is 21.3 Å². The van der Waals surface area contributed by atoms with E-state index in [1.165, 1.54) is 45.6 Å². The molecule has 0 aliphatic carbocycles. The van der Waals surface area contributed by atoms with E-state index in [9.17, 15) is 14.0 Å². The number of ketones is 1. The first-order valence-electron chi connectivity index (χ1n) is 7.26. The van der Waals surface area contributed by atoms with Crippen LogP contribution in [-0.2, 0) is 4.74 Å². The molecule has 0 aliphatic rings. The normalized spacial score (nSPS) is 10.1. The number of methoxy groups -OCH3 is 3. The van der Waals surface area contributed by atoms with Crippen molar-refractivity contribution in [2.75, 3.05) is 27.9 Å². The third-order valence-corrected chi connectivity index (χ3v) is 3.44. The Morgan fingerprint density at radius 3 is 2.24 bits per heavy atom. The van der Waals surface area contributed by atoms with Gasteiger partial charge in [-0.25, -0.2) is 9.18 Å². The van der Waals surface area contributed by atoms with E-state index < -0.39 is 24.2 Å². The summed E-state index contributed by atoms with van der Waals surface area (Å²) in [6.45, 7) is -0.528. The molecule has 0 heterocycles. The summed E-state index contributed by atoms with van der Waals surface area (Å²) in [4.78, 5) is 24.2. The number of benzene rings is 2. The number of hydrogen-bond acceptors (Lipinski definition) is 6. The minimum absolute atomic E-state index is 0.0245. The van der Waals surface area contributed by atoms with E-state index in [4.69, 9.17) is 18.9 Å². The van der Waals surface area contributed by atoms with Gasteiger partial charge in [0.2, 0.25) is 0 Å². The monoisotopic (exact) mass is 348 g/mol. The Hall–Kier alpha value is -3.09. The van der Waals surface area contributed by atoms with E-state index in [-0.39, 0.29) is 22.6 Å². The Balaban J connectivity index is 2.07. The summed E-state index contributed by atoms with van der Waals surface area (Å²) in [5, 5.41) is 0. The Morgan fingerprint density at radius 2 is 1.64 bits per heavy atom. The van der Waals surface area contributed by atoms with Crippen molar-refractivity contribution in [3.05, 3.63) is 53.3 Å². The van der Waals surface area contributed by atoms with Gasteiger partial charge in [-0.3, -0.25) is 4.79 Å². The maximum atomic E-state index is 13.6. The third-order valence-electron chi connectivity index (χ3n) is 3.44. The summed E-state index contributed by atoms with van der Waals surface area (Å²) in [7, 11) is 4.21. The number of carbonyl (C=O) groups excluding carboxylic acids is 2. The molecule has 0 aromatic heterocycles. The number of ether oxygens (including phenoxy) is 4. The van der Waals surface area contributed by atoms with E-state index in [0.717, 1.165) is 6.07 Å². The molecule has 0 saturated heterocycles. The largest absolute Gasteiger partial charge is 0.497 e. The van der Waals surface area contributed by atoms with Crippen molar-refractivity contribution in [1.82, 2.24) is 0 Å². The van der Waals surface area contributed by atoms with Gasteiger partial charge in [0.15, 0.2) is 24.0 Å². The van der Waals surface area contributed by atoms with Crippen LogP contribution >= 0.6 is 0 Å². The zero-order valence-corrected chi connectivity index (χ0v) is 14.0. The van der Waals surface area contributed by atoms with Crippen molar-refractivity contribution in [3.8, 4) is 17.2 Å². The van der Waals surface area contributed by atoms with Gasteiger partial charge >= 0.3 is 5.97 Å². The molecule has 0 spiro atoms.